The van der Waals surface area contributed by atoms with Crippen LogP contribution in [0.3, 0.4) is 0 Å². The van der Waals surface area contributed by atoms with E-state index in [1.807, 2.05) is 0 Å². The number of thiazole rings is 1. The summed E-state index contributed by atoms with van der Waals surface area (Å²) in [5.74, 6) is 0. The van der Waals surface area contributed by atoms with E-state index in [0.29, 0.717) is 5.13 Å². The van der Waals surface area contributed by atoms with E-state index in [0.717, 1.165) is 30.6 Å². The van der Waals surface area contributed by atoms with Crippen molar-refractivity contribution in [2.24, 2.45) is 0 Å². The van der Waals surface area contributed by atoms with Gasteiger partial charge in [-0.05, 0) is 12.8 Å². The fraction of sp³-hybridized carbons (Fsp3) is 0.625. The molecule has 3 N–H and O–H groups in total. The quantitative estimate of drug-likeness (QED) is 0.695. The Hall–Kier alpha value is -0.610. The minimum atomic E-state index is -0.616. The fourth-order valence-electron chi connectivity index (χ4n) is 1.71. The minimum Gasteiger partial charge on any atom is -0.384 e. The summed E-state index contributed by atoms with van der Waals surface area (Å²) in [7, 11) is 0. The van der Waals surface area contributed by atoms with Crippen LogP contribution in [0.2, 0.25) is 0 Å². The minimum absolute atomic E-state index is 0.547. The van der Waals surface area contributed by atoms with Crippen LogP contribution in [-0.2, 0) is 5.60 Å². The van der Waals surface area contributed by atoms with Crippen LogP contribution < -0.4 is 5.73 Å². The first-order valence-corrected chi connectivity index (χ1v) is 4.96. The Morgan fingerprint density at radius 1 is 1.50 bits per heavy atom. The fourth-order valence-corrected chi connectivity index (χ4v) is 2.54. The monoisotopic (exact) mass is 184 g/mol. The van der Waals surface area contributed by atoms with E-state index < -0.39 is 5.60 Å². The summed E-state index contributed by atoms with van der Waals surface area (Å²) in [6, 6.07) is 0. The van der Waals surface area contributed by atoms with Gasteiger partial charge in [-0.15, -0.1) is 0 Å². The number of nitrogens with zero attached hydrogens (tertiary/aromatic N) is 1. The average molecular weight is 184 g/mol. The number of anilines is 1. The van der Waals surface area contributed by atoms with Crippen LogP contribution in [0.4, 0.5) is 5.13 Å². The molecule has 1 saturated carbocycles. The second-order valence-corrected chi connectivity index (χ2v) is 4.36. The SMILES string of the molecule is Nc1ncc(C2(O)CCCC2)s1. The number of hydrogen-bond donors (Lipinski definition) is 2. The maximum Gasteiger partial charge on any atom is 0.180 e. The van der Waals surface area contributed by atoms with Gasteiger partial charge in [-0.25, -0.2) is 4.98 Å². The highest BCUT2D eigenvalue weighted by molar-refractivity contribution is 7.15. The van der Waals surface area contributed by atoms with Crippen molar-refractivity contribution >= 4 is 16.5 Å². The third-order valence-electron chi connectivity index (χ3n) is 2.41. The highest BCUT2D eigenvalue weighted by atomic mass is 32.1. The standard InChI is InChI=1S/C8H12N2OS/c9-7-10-5-6(12-7)8(11)3-1-2-4-8/h5,11H,1-4H2,(H2,9,10). The Labute approximate surface area is 75.2 Å². The molecule has 1 aromatic heterocycles. The lowest BCUT2D eigenvalue weighted by atomic mass is 10.0. The second kappa shape index (κ2) is 2.71. The Bertz CT molecular complexity index is 278. The zero-order valence-corrected chi connectivity index (χ0v) is 7.60. The Morgan fingerprint density at radius 2 is 2.17 bits per heavy atom. The first kappa shape index (κ1) is 8.01. The number of aliphatic hydroxyl groups is 1. The lowest BCUT2D eigenvalue weighted by molar-refractivity contribution is 0.0481. The van der Waals surface area contributed by atoms with Gasteiger partial charge in [0.25, 0.3) is 0 Å². The Morgan fingerprint density at radius 3 is 2.67 bits per heavy atom. The molecule has 2 rings (SSSR count). The molecule has 0 bridgehead atoms. The van der Waals surface area contributed by atoms with E-state index >= 15 is 0 Å². The smallest absolute Gasteiger partial charge is 0.180 e. The van der Waals surface area contributed by atoms with Gasteiger partial charge in [0.1, 0.15) is 5.60 Å². The number of aromatic nitrogens is 1. The first-order chi connectivity index (χ1) is 5.71. The molecule has 1 heterocycles. The molecular formula is C8H12N2OS. The normalized spacial score (nSPS) is 21.4. The van der Waals surface area contributed by atoms with Gasteiger partial charge in [0.15, 0.2) is 5.13 Å². The van der Waals surface area contributed by atoms with Crippen LogP contribution in [0.25, 0.3) is 0 Å². The molecule has 12 heavy (non-hydrogen) atoms. The molecule has 1 aliphatic carbocycles. The van der Waals surface area contributed by atoms with Gasteiger partial charge in [-0.3, -0.25) is 0 Å². The summed E-state index contributed by atoms with van der Waals surface area (Å²) in [5, 5.41) is 10.6. The summed E-state index contributed by atoms with van der Waals surface area (Å²) in [4.78, 5) is 4.87. The van der Waals surface area contributed by atoms with Crippen molar-refractivity contribution in [3.63, 3.8) is 0 Å². The van der Waals surface area contributed by atoms with Crippen molar-refractivity contribution in [3.8, 4) is 0 Å². The number of hydrogen-bond acceptors (Lipinski definition) is 4. The molecule has 0 aliphatic heterocycles. The van der Waals surface area contributed by atoms with Crippen molar-refractivity contribution in [1.29, 1.82) is 0 Å². The molecule has 1 aliphatic rings. The van der Waals surface area contributed by atoms with E-state index in [9.17, 15) is 5.11 Å². The average Bonchev–Trinajstić information content (AvgIpc) is 2.59. The van der Waals surface area contributed by atoms with Crippen LogP contribution in [0.5, 0.6) is 0 Å². The third-order valence-corrected chi connectivity index (χ3v) is 3.43. The van der Waals surface area contributed by atoms with E-state index in [2.05, 4.69) is 4.98 Å². The summed E-state index contributed by atoms with van der Waals surface area (Å²) < 4.78 is 0. The molecule has 66 valence electrons. The number of nitrogen functional groups attached to an aromatic ring is 1. The van der Waals surface area contributed by atoms with E-state index in [1.54, 1.807) is 6.20 Å². The molecular weight excluding hydrogens is 172 g/mol. The molecule has 3 nitrogen and oxygen atoms in total. The Kier molecular flexibility index (Phi) is 1.81. The Balaban J connectivity index is 2.28. The number of nitrogens with two attached hydrogens (primary N) is 1. The van der Waals surface area contributed by atoms with Crippen molar-refractivity contribution in [2.45, 2.75) is 31.3 Å². The molecule has 0 atom stereocenters. The highest BCUT2D eigenvalue weighted by Crippen LogP contribution is 2.41. The van der Waals surface area contributed by atoms with E-state index in [1.165, 1.54) is 11.3 Å². The van der Waals surface area contributed by atoms with Crippen LogP contribution >= 0.6 is 11.3 Å². The van der Waals surface area contributed by atoms with Crippen molar-refractivity contribution in [1.82, 2.24) is 4.98 Å². The van der Waals surface area contributed by atoms with Gasteiger partial charge < -0.3 is 10.8 Å². The first-order valence-electron chi connectivity index (χ1n) is 4.15. The summed E-state index contributed by atoms with van der Waals surface area (Å²) in [6.07, 6.45) is 5.62. The largest absolute Gasteiger partial charge is 0.384 e. The lowest BCUT2D eigenvalue weighted by Gasteiger charge is -2.18. The zero-order valence-electron chi connectivity index (χ0n) is 6.79. The molecule has 0 unspecified atom stereocenters. The van der Waals surface area contributed by atoms with Gasteiger partial charge in [-0.1, -0.05) is 24.2 Å². The lowest BCUT2D eigenvalue weighted by Crippen LogP contribution is -2.18. The molecule has 0 amide bonds. The molecule has 0 spiro atoms. The molecule has 1 aromatic rings. The van der Waals surface area contributed by atoms with Gasteiger partial charge in [0.2, 0.25) is 0 Å². The molecule has 0 saturated heterocycles. The van der Waals surface area contributed by atoms with Crippen molar-refractivity contribution in [3.05, 3.63) is 11.1 Å². The number of rotatable bonds is 1. The van der Waals surface area contributed by atoms with Gasteiger partial charge in [0, 0.05) is 6.20 Å². The second-order valence-electron chi connectivity index (χ2n) is 3.30. The van der Waals surface area contributed by atoms with Crippen molar-refractivity contribution in [2.75, 3.05) is 5.73 Å². The summed E-state index contributed by atoms with van der Waals surface area (Å²) in [6.45, 7) is 0. The van der Waals surface area contributed by atoms with Gasteiger partial charge in [0.05, 0.1) is 4.88 Å². The maximum atomic E-state index is 10.1. The van der Waals surface area contributed by atoms with Crippen LogP contribution in [-0.4, -0.2) is 10.1 Å². The predicted molar refractivity (Wildman–Crippen MR) is 48.9 cm³/mol. The topological polar surface area (TPSA) is 59.1 Å². The summed E-state index contributed by atoms with van der Waals surface area (Å²) in [5.41, 5.74) is 4.89. The van der Waals surface area contributed by atoms with Crippen molar-refractivity contribution < 1.29 is 5.11 Å². The highest BCUT2D eigenvalue weighted by Gasteiger charge is 2.34. The predicted octanol–water partition coefficient (Wildman–Crippen LogP) is 1.49. The van der Waals surface area contributed by atoms with E-state index in [-0.39, 0.29) is 0 Å². The zero-order chi connectivity index (χ0) is 8.60. The van der Waals surface area contributed by atoms with E-state index in [4.69, 9.17) is 5.73 Å². The molecule has 0 radical (unpaired) electrons. The van der Waals surface area contributed by atoms with Gasteiger partial charge in [-0.2, -0.15) is 0 Å². The van der Waals surface area contributed by atoms with Crippen LogP contribution in [0.1, 0.15) is 30.6 Å². The van der Waals surface area contributed by atoms with Crippen LogP contribution in [0, 0.1) is 0 Å². The maximum absolute atomic E-state index is 10.1. The van der Waals surface area contributed by atoms with Crippen LogP contribution in [0.15, 0.2) is 6.20 Å². The van der Waals surface area contributed by atoms with Gasteiger partial charge >= 0.3 is 0 Å². The summed E-state index contributed by atoms with van der Waals surface area (Å²) >= 11 is 1.40. The molecule has 4 heteroatoms. The molecule has 1 fully saturated rings. The molecule has 0 aromatic carbocycles. The third kappa shape index (κ3) is 1.21.